The third kappa shape index (κ3) is 6.25. The van der Waals surface area contributed by atoms with E-state index in [1.165, 1.54) is 6.07 Å². The van der Waals surface area contributed by atoms with Crippen molar-refractivity contribution in [3.05, 3.63) is 72.9 Å². The quantitative estimate of drug-likeness (QED) is 0.173. The molecule has 0 atom stereocenters. The molecule has 0 bridgehead atoms. The first-order chi connectivity index (χ1) is 16.2. The minimum absolute atomic E-state index is 0. The van der Waals surface area contributed by atoms with Crippen molar-refractivity contribution in [2.45, 2.75) is 18.7 Å². The summed E-state index contributed by atoms with van der Waals surface area (Å²) in [6.07, 6.45) is 1.55. The molecule has 0 aliphatic heterocycles. The van der Waals surface area contributed by atoms with Crippen molar-refractivity contribution in [3.63, 3.8) is 0 Å². The average Bonchev–Trinajstić information content (AvgIpc) is 2.82. The Labute approximate surface area is 227 Å². The summed E-state index contributed by atoms with van der Waals surface area (Å²) in [5.41, 5.74) is 8.62. The van der Waals surface area contributed by atoms with Gasteiger partial charge in [-0.1, -0.05) is 50.2 Å². The molecular formula is C25H25N4NaO4S. The van der Waals surface area contributed by atoms with Crippen molar-refractivity contribution in [1.82, 2.24) is 4.98 Å². The van der Waals surface area contributed by atoms with Gasteiger partial charge in [0.15, 0.2) is 0 Å². The van der Waals surface area contributed by atoms with Crippen LogP contribution in [0.3, 0.4) is 0 Å². The van der Waals surface area contributed by atoms with Crippen LogP contribution in [0.4, 0.5) is 17.1 Å². The van der Waals surface area contributed by atoms with Gasteiger partial charge in [-0.3, -0.25) is 9.54 Å². The van der Waals surface area contributed by atoms with Crippen molar-refractivity contribution in [1.29, 1.82) is 0 Å². The summed E-state index contributed by atoms with van der Waals surface area (Å²) < 4.78 is 39.3. The number of fused-ring (bicyclic) bond motifs is 1. The third-order valence-electron chi connectivity index (χ3n) is 5.06. The smallest absolute Gasteiger partial charge is 1.00 e. The minimum atomic E-state index is -4.48. The molecule has 0 saturated heterocycles. The van der Waals surface area contributed by atoms with E-state index in [-0.39, 0.29) is 47.3 Å². The summed E-state index contributed by atoms with van der Waals surface area (Å²) in [7, 11) is -4.48. The number of hydrogen-bond donors (Lipinski definition) is 2. The molecule has 0 spiro atoms. The second kappa shape index (κ2) is 11.3. The summed E-state index contributed by atoms with van der Waals surface area (Å²) in [6.45, 7) is 4.77. The van der Waals surface area contributed by atoms with Crippen LogP contribution in [0.1, 0.15) is 15.3 Å². The summed E-state index contributed by atoms with van der Waals surface area (Å²) in [6, 6.07) is 19.0. The zero-order valence-corrected chi connectivity index (χ0v) is 22.5. The van der Waals surface area contributed by atoms with Crippen LogP contribution in [0, 0.1) is 5.92 Å². The Balaban J connectivity index is 0.00000228. The second-order valence-electron chi connectivity index (χ2n) is 8.13. The van der Waals surface area contributed by atoms with Gasteiger partial charge in [0.2, 0.25) is 0 Å². The Bertz CT molecular complexity index is 1480. The number of anilines is 1. The molecule has 4 rings (SSSR count). The van der Waals surface area contributed by atoms with Crippen LogP contribution in [-0.4, -0.2) is 24.6 Å². The van der Waals surface area contributed by atoms with Crippen molar-refractivity contribution >= 4 is 38.0 Å². The number of para-hydroxylation sites is 1. The maximum atomic E-state index is 11.9. The summed E-state index contributed by atoms with van der Waals surface area (Å²) in [5, 5.41) is 9.06. The van der Waals surface area contributed by atoms with E-state index < -0.39 is 10.1 Å². The third-order valence-corrected chi connectivity index (χ3v) is 5.95. The fourth-order valence-electron chi connectivity index (χ4n) is 3.42. The minimum Gasteiger partial charge on any atom is -1.00 e. The Morgan fingerprint density at radius 2 is 1.71 bits per heavy atom. The molecule has 1 aromatic heterocycles. The van der Waals surface area contributed by atoms with Gasteiger partial charge in [-0.2, -0.15) is 8.42 Å². The van der Waals surface area contributed by atoms with E-state index in [0.29, 0.717) is 29.0 Å². The van der Waals surface area contributed by atoms with E-state index in [2.05, 4.69) is 29.1 Å². The molecular weight excluding hydrogens is 475 g/mol. The van der Waals surface area contributed by atoms with Crippen molar-refractivity contribution < 1.29 is 48.7 Å². The van der Waals surface area contributed by atoms with Gasteiger partial charge < -0.3 is 11.9 Å². The van der Waals surface area contributed by atoms with E-state index in [1.807, 2.05) is 24.3 Å². The maximum absolute atomic E-state index is 11.9. The van der Waals surface area contributed by atoms with Gasteiger partial charge in [-0.25, -0.2) is 0 Å². The van der Waals surface area contributed by atoms with E-state index in [1.54, 1.807) is 42.6 Å². The molecule has 0 amide bonds. The Kier molecular flexibility index (Phi) is 8.63. The predicted molar refractivity (Wildman–Crippen MR) is 133 cm³/mol. The number of hydrogen-bond acceptors (Lipinski definition) is 7. The average molecular weight is 501 g/mol. The predicted octanol–water partition coefficient (Wildman–Crippen LogP) is 3.30. The van der Waals surface area contributed by atoms with E-state index in [9.17, 15) is 13.0 Å². The largest absolute Gasteiger partial charge is 1.00 e. The van der Waals surface area contributed by atoms with Gasteiger partial charge in [-0.05, 0) is 36.2 Å². The summed E-state index contributed by atoms with van der Waals surface area (Å²) in [5.74, 6) is 1.15. The van der Waals surface area contributed by atoms with Crippen LogP contribution in [0.2, 0.25) is 0 Å². The number of nitrogens with two attached hydrogens (primary N) is 1. The van der Waals surface area contributed by atoms with Gasteiger partial charge in [0.1, 0.15) is 22.0 Å². The number of ether oxygens (including phenoxy) is 1. The fourth-order valence-corrected chi connectivity index (χ4v) is 4.14. The molecule has 0 unspecified atom stereocenters. The normalized spacial score (nSPS) is 11.7. The first-order valence-electron chi connectivity index (χ1n) is 10.6. The van der Waals surface area contributed by atoms with Crippen LogP contribution in [0.5, 0.6) is 5.75 Å². The van der Waals surface area contributed by atoms with Crippen molar-refractivity contribution in [2.75, 3.05) is 12.3 Å². The SMILES string of the molecule is CC(C)COc1ccccc1-c1ccc(N=Nc2cc(S(=O)(=O)O)c3ccccc3c2N)cn1.[H-].[Na+]. The molecule has 0 radical (unpaired) electrons. The van der Waals surface area contributed by atoms with Gasteiger partial charge in [0, 0.05) is 16.3 Å². The molecule has 3 N–H and O–H groups in total. The molecule has 1 heterocycles. The Morgan fingerprint density at radius 1 is 1.03 bits per heavy atom. The second-order valence-corrected chi connectivity index (χ2v) is 9.52. The molecule has 0 aliphatic rings. The van der Waals surface area contributed by atoms with Crippen molar-refractivity contribution in [2.24, 2.45) is 16.1 Å². The van der Waals surface area contributed by atoms with E-state index in [4.69, 9.17) is 10.5 Å². The fraction of sp³-hybridized carbons (Fsp3) is 0.160. The van der Waals surface area contributed by atoms with Crippen LogP contribution >= 0.6 is 0 Å². The molecule has 0 saturated carbocycles. The number of nitrogen functional groups attached to an aromatic ring is 1. The molecule has 10 heteroatoms. The summed E-state index contributed by atoms with van der Waals surface area (Å²) in [4.78, 5) is 4.20. The van der Waals surface area contributed by atoms with Crippen LogP contribution in [0.15, 0.2) is 88.1 Å². The number of aromatic nitrogens is 1. The van der Waals surface area contributed by atoms with Gasteiger partial charge in [0.05, 0.1) is 24.2 Å². The van der Waals surface area contributed by atoms with Gasteiger partial charge in [-0.15, -0.1) is 10.2 Å². The monoisotopic (exact) mass is 500 g/mol. The van der Waals surface area contributed by atoms with Crippen LogP contribution in [0.25, 0.3) is 22.0 Å². The van der Waals surface area contributed by atoms with Gasteiger partial charge >= 0.3 is 29.6 Å². The molecule has 3 aromatic carbocycles. The number of nitrogens with zero attached hydrogens (tertiary/aromatic N) is 3. The first-order valence-corrected chi connectivity index (χ1v) is 12.1. The number of pyridine rings is 1. The maximum Gasteiger partial charge on any atom is 1.00 e. The zero-order chi connectivity index (χ0) is 24.3. The molecule has 4 aromatic rings. The molecule has 0 fully saturated rings. The number of benzene rings is 3. The molecule has 35 heavy (non-hydrogen) atoms. The van der Waals surface area contributed by atoms with Crippen LogP contribution in [-0.2, 0) is 10.1 Å². The molecule has 8 nitrogen and oxygen atoms in total. The standard InChI is InChI=1S/C25H24N4O4S.Na.H/c1-16(2)15-33-23-10-6-5-9-20(23)21-12-11-17(14-27-21)28-29-22-13-24(34(30,31)32)18-7-3-4-8-19(18)25(22)26;;/h3-14,16H,15,26H2,1-2H3,(H,30,31,32);;/q;+1;-1. The summed E-state index contributed by atoms with van der Waals surface area (Å²) >= 11 is 0. The van der Waals surface area contributed by atoms with Gasteiger partial charge in [0.25, 0.3) is 10.1 Å². The topological polar surface area (TPSA) is 127 Å². The number of azo groups is 1. The molecule has 176 valence electrons. The first kappa shape index (κ1) is 26.8. The van der Waals surface area contributed by atoms with Crippen molar-refractivity contribution in [3.8, 4) is 17.0 Å². The van der Waals surface area contributed by atoms with E-state index in [0.717, 1.165) is 17.0 Å². The molecule has 0 aliphatic carbocycles. The zero-order valence-electron chi connectivity index (χ0n) is 20.7. The van der Waals surface area contributed by atoms with Crippen LogP contribution < -0.4 is 40.0 Å². The van der Waals surface area contributed by atoms with E-state index >= 15 is 0 Å². The number of rotatable bonds is 7. The Morgan fingerprint density at radius 3 is 2.37 bits per heavy atom. The Hall–Kier alpha value is -2.82.